The number of esters is 1. The van der Waals surface area contributed by atoms with Gasteiger partial charge in [-0.25, -0.2) is 0 Å². The highest BCUT2D eigenvalue weighted by atomic mass is 16.7. The van der Waals surface area contributed by atoms with Gasteiger partial charge in [-0.3, -0.25) is 4.79 Å². The molecule has 1 fully saturated rings. The lowest BCUT2D eigenvalue weighted by Gasteiger charge is -2.22. The van der Waals surface area contributed by atoms with Crippen molar-refractivity contribution in [2.45, 2.75) is 65.1 Å². The van der Waals surface area contributed by atoms with Crippen LogP contribution in [0.4, 0.5) is 0 Å². The van der Waals surface area contributed by atoms with Gasteiger partial charge in [0.15, 0.2) is 6.29 Å². The summed E-state index contributed by atoms with van der Waals surface area (Å²) >= 11 is 0. The van der Waals surface area contributed by atoms with Crippen LogP contribution in [0.3, 0.4) is 0 Å². The van der Waals surface area contributed by atoms with E-state index in [2.05, 4.69) is 6.92 Å². The maximum Gasteiger partial charge on any atom is 0.309 e. The number of carbonyl (C=O) groups is 1. The molecule has 2 atom stereocenters. The standard InChI is InChI=1S/C22H34O5/c1-3-5-8-19(22(23)24-4-2)17-18-10-12-20(13-11-18)25-15-16-27-21-9-6-7-14-26-21/h10-13,19,21H,3-9,14-17H2,1-2H3. The fraction of sp³-hybridized carbons (Fsp3) is 0.682. The predicted octanol–water partition coefficient (Wildman–Crippen LogP) is 4.52. The van der Waals surface area contributed by atoms with Gasteiger partial charge in [-0.15, -0.1) is 0 Å². The fourth-order valence-corrected chi connectivity index (χ4v) is 3.20. The summed E-state index contributed by atoms with van der Waals surface area (Å²) in [6, 6.07) is 7.96. The van der Waals surface area contributed by atoms with Crippen molar-refractivity contribution in [2.24, 2.45) is 5.92 Å². The van der Waals surface area contributed by atoms with Crippen molar-refractivity contribution >= 4 is 5.97 Å². The van der Waals surface area contributed by atoms with Gasteiger partial charge in [0, 0.05) is 6.61 Å². The van der Waals surface area contributed by atoms with Crippen molar-refractivity contribution in [2.75, 3.05) is 26.4 Å². The van der Waals surface area contributed by atoms with Crippen molar-refractivity contribution in [3.8, 4) is 5.75 Å². The van der Waals surface area contributed by atoms with Crippen molar-refractivity contribution in [3.63, 3.8) is 0 Å². The Balaban J connectivity index is 1.74. The number of hydrogen-bond donors (Lipinski definition) is 0. The van der Waals surface area contributed by atoms with Gasteiger partial charge in [-0.2, -0.15) is 0 Å². The zero-order valence-corrected chi connectivity index (χ0v) is 16.8. The first-order valence-corrected chi connectivity index (χ1v) is 10.3. The van der Waals surface area contributed by atoms with Gasteiger partial charge in [0.05, 0.1) is 19.1 Å². The van der Waals surface area contributed by atoms with Crippen molar-refractivity contribution in [3.05, 3.63) is 29.8 Å². The van der Waals surface area contributed by atoms with E-state index in [4.69, 9.17) is 18.9 Å². The largest absolute Gasteiger partial charge is 0.491 e. The van der Waals surface area contributed by atoms with E-state index in [1.807, 2.05) is 31.2 Å². The minimum absolute atomic E-state index is 0.0689. The van der Waals surface area contributed by atoms with Crippen LogP contribution in [0.15, 0.2) is 24.3 Å². The molecule has 1 saturated heterocycles. The monoisotopic (exact) mass is 378 g/mol. The van der Waals surface area contributed by atoms with Crippen molar-refractivity contribution in [1.82, 2.24) is 0 Å². The molecule has 2 rings (SSSR count). The number of benzene rings is 1. The molecule has 0 N–H and O–H groups in total. The van der Waals surface area contributed by atoms with Crippen LogP contribution in [0.1, 0.15) is 57.9 Å². The second-order valence-corrected chi connectivity index (χ2v) is 6.95. The van der Waals surface area contributed by atoms with E-state index in [9.17, 15) is 4.79 Å². The highest BCUT2D eigenvalue weighted by Crippen LogP contribution is 2.20. The molecule has 1 heterocycles. The molecule has 27 heavy (non-hydrogen) atoms. The van der Waals surface area contributed by atoms with E-state index < -0.39 is 0 Å². The first-order chi connectivity index (χ1) is 13.2. The lowest BCUT2D eigenvalue weighted by Crippen LogP contribution is -2.24. The van der Waals surface area contributed by atoms with Crippen LogP contribution in [0.2, 0.25) is 0 Å². The predicted molar refractivity (Wildman–Crippen MR) is 105 cm³/mol. The Kier molecular flexibility index (Phi) is 10.2. The van der Waals surface area contributed by atoms with E-state index in [0.29, 0.717) is 26.2 Å². The Hall–Kier alpha value is -1.59. The molecule has 0 amide bonds. The maximum atomic E-state index is 12.2. The molecule has 0 saturated carbocycles. The van der Waals surface area contributed by atoms with E-state index >= 15 is 0 Å². The van der Waals surface area contributed by atoms with Crippen LogP contribution in [0, 0.1) is 5.92 Å². The minimum atomic E-state index is -0.0895. The molecule has 5 nitrogen and oxygen atoms in total. The second kappa shape index (κ2) is 12.7. The van der Waals surface area contributed by atoms with Gasteiger partial charge < -0.3 is 18.9 Å². The zero-order chi connectivity index (χ0) is 19.3. The first kappa shape index (κ1) is 21.7. The number of ether oxygens (including phenoxy) is 4. The molecule has 152 valence electrons. The average molecular weight is 379 g/mol. The summed E-state index contributed by atoms with van der Waals surface area (Å²) in [5.74, 6) is 0.655. The first-order valence-electron chi connectivity index (χ1n) is 10.3. The molecule has 0 bridgehead atoms. The molecular weight excluding hydrogens is 344 g/mol. The van der Waals surface area contributed by atoms with Crippen molar-refractivity contribution < 1.29 is 23.7 Å². The van der Waals surface area contributed by atoms with Gasteiger partial charge in [-0.05, 0) is 56.7 Å². The lowest BCUT2D eigenvalue weighted by atomic mass is 9.94. The molecule has 0 spiro atoms. The lowest BCUT2D eigenvalue weighted by molar-refractivity contribution is -0.165. The molecule has 0 radical (unpaired) electrons. The van der Waals surface area contributed by atoms with Gasteiger partial charge in [0.25, 0.3) is 0 Å². The van der Waals surface area contributed by atoms with E-state index in [0.717, 1.165) is 56.4 Å². The van der Waals surface area contributed by atoms with Crippen molar-refractivity contribution in [1.29, 1.82) is 0 Å². The van der Waals surface area contributed by atoms with Gasteiger partial charge in [0.1, 0.15) is 12.4 Å². The second-order valence-electron chi connectivity index (χ2n) is 6.95. The molecule has 1 aromatic carbocycles. The van der Waals surface area contributed by atoms with Gasteiger partial charge >= 0.3 is 5.97 Å². The SMILES string of the molecule is CCCCC(Cc1ccc(OCCOC2CCCCO2)cc1)C(=O)OCC. The summed E-state index contributed by atoms with van der Waals surface area (Å²) < 4.78 is 22.2. The summed E-state index contributed by atoms with van der Waals surface area (Å²) in [6.45, 7) is 6.24. The highest BCUT2D eigenvalue weighted by Gasteiger charge is 2.19. The normalized spacial score (nSPS) is 18.1. The van der Waals surface area contributed by atoms with Crippen LogP contribution in [-0.4, -0.2) is 38.7 Å². The maximum absolute atomic E-state index is 12.2. The summed E-state index contributed by atoms with van der Waals surface area (Å²) in [4.78, 5) is 12.2. The fourth-order valence-electron chi connectivity index (χ4n) is 3.20. The molecule has 1 aromatic rings. The van der Waals surface area contributed by atoms with Crippen LogP contribution in [0.25, 0.3) is 0 Å². The topological polar surface area (TPSA) is 54.0 Å². The highest BCUT2D eigenvalue weighted by molar-refractivity contribution is 5.72. The molecular formula is C22H34O5. The van der Waals surface area contributed by atoms with E-state index in [-0.39, 0.29) is 18.2 Å². The molecule has 0 aliphatic carbocycles. The van der Waals surface area contributed by atoms with E-state index in [1.165, 1.54) is 0 Å². The van der Waals surface area contributed by atoms with Crippen LogP contribution >= 0.6 is 0 Å². The number of rotatable bonds is 12. The Morgan fingerprint density at radius 1 is 1.19 bits per heavy atom. The molecule has 0 aromatic heterocycles. The Bertz CT molecular complexity index is 522. The van der Waals surface area contributed by atoms with Gasteiger partial charge in [-0.1, -0.05) is 31.9 Å². The smallest absolute Gasteiger partial charge is 0.309 e. The zero-order valence-electron chi connectivity index (χ0n) is 16.8. The van der Waals surface area contributed by atoms with Crippen LogP contribution in [0.5, 0.6) is 5.75 Å². The summed E-state index contributed by atoms with van der Waals surface area (Å²) in [6.07, 6.45) is 6.87. The molecule has 5 heteroatoms. The summed E-state index contributed by atoms with van der Waals surface area (Å²) in [7, 11) is 0. The average Bonchev–Trinajstić information content (AvgIpc) is 2.70. The number of unbranched alkanes of at least 4 members (excludes halogenated alkanes) is 1. The quantitative estimate of drug-likeness (QED) is 0.395. The number of hydrogen-bond acceptors (Lipinski definition) is 5. The van der Waals surface area contributed by atoms with Crippen LogP contribution < -0.4 is 4.74 Å². The third-order valence-electron chi connectivity index (χ3n) is 4.73. The third-order valence-corrected chi connectivity index (χ3v) is 4.73. The Morgan fingerprint density at radius 3 is 2.67 bits per heavy atom. The minimum Gasteiger partial charge on any atom is -0.491 e. The molecule has 1 aliphatic rings. The summed E-state index contributed by atoms with van der Waals surface area (Å²) in [5, 5.41) is 0. The number of carbonyl (C=O) groups excluding carboxylic acids is 1. The van der Waals surface area contributed by atoms with E-state index in [1.54, 1.807) is 0 Å². The third kappa shape index (κ3) is 8.31. The Labute approximate surface area is 163 Å². The molecule has 1 aliphatic heterocycles. The van der Waals surface area contributed by atoms with Crippen LogP contribution in [-0.2, 0) is 25.4 Å². The molecule has 2 unspecified atom stereocenters. The Morgan fingerprint density at radius 2 is 2.00 bits per heavy atom. The summed E-state index contributed by atoms with van der Waals surface area (Å²) in [5.41, 5.74) is 1.13. The van der Waals surface area contributed by atoms with Gasteiger partial charge in [0.2, 0.25) is 0 Å².